The first kappa shape index (κ1) is 21.9. The van der Waals surface area contributed by atoms with E-state index in [1.807, 2.05) is 0 Å². The van der Waals surface area contributed by atoms with Crippen molar-refractivity contribution in [3.8, 4) is 0 Å². The first-order valence-corrected chi connectivity index (χ1v) is 8.13. The molecule has 0 aromatic heterocycles. The van der Waals surface area contributed by atoms with Crippen LogP contribution in [0.15, 0.2) is 0 Å². The van der Waals surface area contributed by atoms with Crippen LogP contribution in [0.3, 0.4) is 0 Å². The van der Waals surface area contributed by atoms with Crippen LogP contribution in [0, 0.1) is 0 Å². The van der Waals surface area contributed by atoms with E-state index in [1.165, 1.54) is 0 Å². The zero-order valence-corrected chi connectivity index (χ0v) is 14.3. The predicted molar refractivity (Wildman–Crippen MR) is 82.7 cm³/mol. The van der Waals surface area contributed by atoms with Gasteiger partial charge in [0.05, 0.1) is 12.6 Å². The summed E-state index contributed by atoms with van der Waals surface area (Å²) in [5.74, 6) is -2.16. The van der Waals surface area contributed by atoms with Crippen LogP contribution in [-0.4, -0.2) is 110 Å². The topological polar surface area (TPSA) is 221 Å². The maximum Gasteiger partial charge on any atom is 0.335 e. The number of aliphatic hydroxyl groups is 5. The van der Waals surface area contributed by atoms with Crippen LogP contribution >= 0.6 is 0 Å². The molecule has 2 rings (SSSR count). The molecule has 0 spiro atoms. The number of carbonyl (C=O) groups excluding carboxylic acids is 1. The lowest BCUT2D eigenvalue weighted by Gasteiger charge is -2.46. The molecule has 13 heteroatoms. The SMILES string of the molecule is CC(=O)N[C@@H]1[C@@H](O)[C@H](O[C@@H]2O[C@@H](C(=O)O)[C@@H](O)[C@H](O)[C@@H]2N)[C@@H](CO)O[C@H]1O. The minimum Gasteiger partial charge on any atom is -0.479 e. The highest BCUT2D eigenvalue weighted by Crippen LogP contribution is 2.28. The molecule has 0 bridgehead atoms. The Morgan fingerprint density at radius 2 is 1.74 bits per heavy atom. The molecular weight excluding hydrogens is 372 g/mol. The van der Waals surface area contributed by atoms with E-state index in [0.29, 0.717) is 0 Å². The Kier molecular flexibility index (Phi) is 7.07. The molecule has 2 saturated heterocycles. The van der Waals surface area contributed by atoms with E-state index in [-0.39, 0.29) is 0 Å². The second kappa shape index (κ2) is 8.72. The second-order valence-electron chi connectivity index (χ2n) is 6.39. The van der Waals surface area contributed by atoms with Gasteiger partial charge in [-0.15, -0.1) is 0 Å². The van der Waals surface area contributed by atoms with Crippen molar-refractivity contribution in [2.45, 2.75) is 68.2 Å². The molecule has 0 unspecified atom stereocenters. The number of rotatable bonds is 5. The summed E-state index contributed by atoms with van der Waals surface area (Å²) in [6.45, 7) is 0.434. The Balaban J connectivity index is 2.20. The highest BCUT2D eigenvalue weighted by Gasteiger charge is 2.51. The summed E-state index contributed by atoms with van der Waals surface area (Å²) in [6, 6.07) is -2.71. The number of carboxylic acids is 1. The Hall–Kier alpha value is -1.42. The number of hydrogen-bond acceptors (Lipinski definition) is 11. The van der Waals surface area contributed by atoms with Gasteiger partial charge < -0.3 is 55.9 Å². The first-order chi connectivity index (χ1) is 12.6. The Morgan fingerprint density at radius 1 is 1.11 bits per heavy atom. The van der Waals surface area contributed by atoms with Crippen LogP contribution in [0.4, 0.5) is 0 Å². The summed E-state index contributed by atoms with van der Waals surface area (Å²) in [4.78, 5) is 22.4. The van der Waals surface area contributed by atoms with E-state index in [9.17, 15) is 35.1 Å². The zero-order valence-electron chi connectivity index (χ0n) is 14.3. The number of aliphatic hydroxyl groups excluding tert-OH is 5. The lowest BCUT2D eigenvalue weighted by atomic mass is 9.95. The molecule has 13 nitrogen and oxygen atoms in total. The zero-order chi connectivity index (χ0) is 20.5. The molecule has 2 heterocycles. The van der Waals surface area contributed by atoms with Gasteiger partial charge in [-0.3, -0.25) is 4.79 Å². The third kappa shape index (κ3) is 4.53. The average molecular weight is 396 g/mol. The minimum absolute atomic E-state index is 0.585. The minimum atomic E-state index is -1.85. The Morgan fingerprint density at radius 3 is 2.26 bits per heavy atom. The molecule has 2 fully saturated rings. The average Bonchev–Trinajstić information content (AvgIpc) is 2.60. The van der Waals surface area contributed by atoms with E-state index in [2.05, 4.69) is 5.32 Å². The van der Waals surface area contributed by atoms with Crippen LogP contribution in [-0.2, 0) is 23.8 Å². The molecule has 0 saturated carbocycles. The van der Waals surface area contributed by atoms with E-state index in [4.69, 9.17) is 25.1 Å². The molecule has 156 valence electrons. The largest absolute Gasteiger partial charge is 0.479 e. The summed E-state index contributed by atoms with van der Waals surface area (Å²) in [7, 11) is 0. The third-order valence-corrected chi connectivity index (χ3v) is 4.43. The summed E-state index contributed by atoms with van der Waals surface area (Å²) >= 11 is 0. The number of hydrogen-bond donors (Lipinski definition) is 8. The normalized spacial score (nSPS) is 45.3. The van der Waals surface area contributed by atoms with Crippen molar-refractivity contribution in [3.63, 3.8) is 0 Å². The van der Waals surface area contributed by atoms with E-state index in [0.717, 1.165) is 6.92 Å². The van der Waals surface area contributed by atoms with Crippen LogP contribution in [0.25, 0.3) is 0 Å². The number of carboxylic acid groups (broad SMARTS) is 1. The molecule has 1 amide bonds. The number of carbonyl (C=O) groups is 2. The van der Waals surface area contributed by atoms with E-state index in [1.54, 1.807) is 0 Å². The molecule has 0 aromatic carbocycles. The number of aliphatic carboxylic acids is 1. The van der Waals surface area contributed by atoms with Gasteiger partial charge in [0.25, 0.3) is 0 Å². The quantitative estimate of drug-likeness (QED) is 0.218. The molecular formula is C14H24N2O11. The lowest BCUT2D eigenvalue weighted by molar-refractivity contribution is -0.321. The van der Waals surface area contributed by atoms with Crippen molar-refractivity contribution in [2.24, 2.45) is 5.73 Å². The monoisotopic (exact) mass is 396 g/mol. The van der Waals surface area contributed by atoms with Crippen molar-refractivity contribution in [3.05, 3.63) is 0 Å². The highest BCUT2D eigenvalue weighted by atomic mass is 16.7. The molecule has 0 radical (unpaired) electrons. The first-order valence-electron chi connectivity index (χ1n) is 8.13. The van der Waals surface area contributed by atoms with Crippen molar-refractivity contribution in [2.75, 3.05) is 6.61 Å². The summed E-state index contributed by atoms with van der Waals surface area (Å²) in [5.41, 5.74) is 5.71. The second-order valence-corrected chi connectivity index (χ2v) is 6.39. The van der Waals surface area contributed by atoms with E-state index >= 15 is 0 Å². The van der Waals surface area contributed by atoms with Crippen molar-refractivity contribution in [1.29, 1.82) is 0 Å². The molecule has 2 aliphatic rings. The third-order valence-electron chi connectivity index (χ3n) is 4.43. The van der Waals surface area contributed by atoms with Gasteiger partial charge in [-0.1, -0.05) is 0 Å². The molecule has 27 heavy (non-hydrogen) atoms. The van der Waals surface area contributed by atoms with Gasteiger partial charge in [-0.2, -0.15) is 0 Å². The fraction of sp³-hybridized carbons (Fsp3) is 0.857. The van der Waals surface area contributed by atoms with Gasteiger partial charge in [0.2, 0.25) is 5.91 Å². The van der Waals surface area contributed by atoms with Gasteiger partial charge in [-0.25, -0.2) is 4.79 Å². The maximum absolute atomic E-state index is 11.3. The van der Waals surface area contributed by atoms with Crippen LogP contribution < -0.4 is 11.1 Å². The number of amides is 1. The van der Waals surface area contributed by atoms with Gasteiger partial charge in [0.1, 0.15) is 36.6 Å². The predicted octanol–water partition coefficient (Wildman–Crippen LogP) is -5.19. The number of nitrogens with one attached hydrogen (secondary N) is 1. The van der Waals surface area contributed by atoms with Crippen molar-refractivity contribution in [1.82, 2.24) is 5.32 Å². The van der Waals surface area contributed by atoms with Crippen LogP contribution in [0.5, 0.6) is 0 Å². The maximum atomic E-state index is 11.3. The summed E-state index contributed by atoms with van der Waals surface area (Å²) in [6.07, 6.45) is -12.9. The lowest BCUT2D eigenvalue weighted by Crippen LogP contribution is -2.68. The van der Waals surface area contributed by atoms with E-state index < -0.39 is 79.8 Å². The number of nitrogens with two attached hydrogens (primary N) is 1. The fourth-order valence-corrected chi connectivity index (χ4v) is 3.01. The molecule has 0 aromatic rings. The van der Waals surface area contributed by atoms with Crippen LogP contribution in [0.2, 0.25) is 0 Å². The standard InChI is InChI=1S/C14H24N2O11/c1-3(18)16-6-8(20)10(4(2-17)25-13(6)24)26-14-5(15)7(19)9(21)11(27-14)12(22)23/h4-11,13-14,17,19-21,24H,2,15H2,1H3,(H,16,18)(H,22,23)/t4-,5+,6-,7-,8-,9+,10-,11-,13-,14-/m1/s1. The van der Waals surface area contributed by atoms with Crippen LogP contribution in [0.1, 0.15) is 6.92 Å². The molecule has 9 N–H and O–H groups in total. The molecule has 2 aliphatic heterocycles. The van der Waals surface area contributed by atoms with Crippen molar-refractivity contribution < 1.29 is 54.4 Å². The Bertz CT molecular complexity index is 549. The number of ether oxygens (including phenoxy) is 3. The fourth-order valence-electron chi connectivity index (χ4n) is 3.01. The molecule has 10 atom stereocenters. The Labute approximate surface area is 153 Å². The highest BCUT2D eigenvalue weighted by molar-refractivity contribution is 5.73. The van der Waals surface area contributed by atoms with Gasteiger partial charge in [0.15, 0.2) is 18.7 Å². The van der Waals surface area contributed by atoms with Gasteiger partial charge >= 0.3 is 5.97 Å². The summed E-state index contributed by atoms with van der Waals surface area (Å²) < 4.78 is 15.6. The smallest absolute Gasteiger partial charge is 0.335 e. The van der Waals surface area contributed by atoms with Gasteiger partial charge in [0, 0.05) is 6.92 Å². The van der Waals surface area contributed by atoms with Gasteiger partial charge in [-0.05, 0) is 0 Å². The van der Waals surface area contributed by atoms with Crippen molar-refractivity contribution >= 4 is 11.9 Å². The summed E-state index contributed by atoms with van der Waals surface area (Å²) in [5, 5.41) is 60.8. The molecule has 0 aliphatic carbocycles.